The monoisotopic (exact) mass is 492 g/mol. The van der Waals surface area contributed by atoms with Gasteiger partial charge >= 0.3 is 0 Å². The molecule has 0 spiro atoms. The summed E-state index contributed by atoms with van der Waals surface area (Å²) in [6.45, 7) is 0. The number of fused-ring (bicyclic) bond motifs is 3. The van der Waals surface area contributed by atoms with Gasteiger partial charge in [0, 0.05) is 24.5 Å². The first-order chi connectivity index (χ1) is 17.0. The zero-order chi connectivity index (χ0) is 26.1. The number of ketones is 4. The van der Waals surface area contributed by atoms with E-state index in [2.05, 4.69) is 0 Å². The number of Topliss-reactive ketones (excluding diaryl/α,β-unsaturated/α-hetero) is 4. The summed E-state index contributed by atoms with van der Waals surface area (Å²) in [5.74, 6) is -11.0. The second kappa shape index (κ2) is 7.89. The molecule has 2 aromatic carbocycles. The number of nitro benzene ring substituents is 1. The Balaban J connectivity index is 1.62. The Labute approximate surface area is 203 Å². The number of phenols is 1. The molecule has 2 fully saturated rings. The van der Waals surface area contributed by atoms with Gasteiger partial charge in [0.15, 0.2) is 34.7 Å². The molecule has 11 nitrogen and oxygen atoms in total. The number of nitrogens with zero attached hydrogens (tertiary/aromatic N) is 1. The van der Waals surface area contributed by atoms with Crippen LogP contribution in [-0.2, 0) is 25.6 Å². The first-order valence-corrected chi connectivity index (χ1v) is 11.2. The molecule has 2 saturated carbocycles. The fourth-order valence-corrected chi connectivity index (χ4v) is 6.02. The lowest BCUT2D eigenvalue weighted by Crippen LogP contribution is -2.68. The van der Waals surface area contributed by atoms with Crippen LogP contribution in [0.2, 0.25) is 0 Å². The van der Waals surface area contributed by atoms with Gasteiger partial charge in [-0.05, 0) is 41.5 Å². The number of nitro groups is 1. The lowest BCUT2D eigenvalue weighted by Gasteiger charge is -2.48. The minimum atomic E-state index is -2.71. The maximum Gasteiger partial charge on any atom is 0.270 e. The van der Waals surface area contributed by atoms with Crippen LogP contribution in [0, 0.1) is 33.8 Å². The summed E-state index contributed by atoms with van der Waals surface area (Å²) < 4.78 is 0. The van der Waals surface area contributed by atoms with Crippen molar-refractivity contribution >= 4 is 34.7 Å². The van der Waals surface area contributed by atoms with E-state index in [1.54, 1.807) is 6.07 Å². The Morgan fingerprint density at radius 3 is 2.47 bits per heavy atom. The highest BCUT2D eigenvalue weighted by molar-refractivity contribution is 6.31. The summed E-state index contributed by atoms with van der Waals surface area (Å²) in [7, 11) is 0. The van der Waals surface area contributed by atoms with Gasteiger partial charge in [-0.25, -0.2) is 0 Å². The number of non-ortho nitro benzene ring substituents is 1. The van der Waals surface area contributed by atoms with Gasteiger partial charge in [0.25, 0.3) is 5.69 Å². The molecule has 0 aromatic heterocycles. The van der Waals surface area contributed by atoms with Crippen LogP contribution < -0.4 is 5.73 Å². The summed E-state index contributed by atoms with van der Waals surface area (Å²) >= 11 is 0. The number of benzene rings is 2. The van der Waals surface area contributed by atoms with Gasteiger partial charge in [-0.1, -0.05) is 18.2 Å². The van der Waals surface area contributed by atoms with E-state index in [1.165, 1.54) is 30.3 Å². The molecule has 5 atom stereocenters. The summed E-state index contributed by atoms with van der Waals surface area (Å²) in [5.41, 5.74) is 3.38. The highest BCUT2D eigenvalue weighted by Gasteiger charge is 2.66. The molecule has 184 valence electrons. The molecule has 2 unspecified atom stereocenters. The molecule has 36 heavy (non-hydrogen) atoms. The number of amides is 1. The number of aliphatic hydroxyl groups is 1. The van der Waals surface area contributed by atoms with Gasteiger partial charge in [-0.2, -0.15) is 0 Å². The van der Waals surface area contributed by atoms with E-state index in [1.807, 2.05) is 0 Å². The first kappa shape index (κ1) is 23.5. The molecule has 4 N–H and O–H groups in total. The highest BCUT2D eigenvalue weighted by Crippen LogP contribution is 2.51. The van der Waals surface area contributed by atoms with E-state index in [0.717, 1.165) is 0 Å². The molecule has 3 aliphatic rings. The van der Waals surface area contributed by atoms with Crippen LogP contribution in [0.15, 0.2) is 36.4 Å². The van der Waals surface area contributed by atoms with Crippen molar-refractivity contribution < 1.29 is 39.1 Å². The average molecular weight is 492 g/mol. The Morgan fingerprint density at radius 2 is 1.81 bits per heavy atom. The number of nitrogens with two attached hydrogens (primary N) is 1. The zero-order valence-corrected chi connectivity index (χ0v) is 18.7. The van der Waals surface area contributed by atoms with Crippen molar-refractivity contribution in [1.29, 1.82) is 0 Å². The molecule has 0 saturated heterocycles. The fraction of sp³-hybridized carbons (Fsp3) is 0.320. The lowest BCUT2D eigenvalue weighted by molar-refractivity contribution is -0.384. The molecule has 11 heteroatoms. The van der Waals surface area contributed by atoms with Crippen LogP contribution in [0.25, 0.3) is 11.1 Å². The summed E-state index contributed by atoms with van der Waals surface area (Å²) in [6.07, 6.45) is -0.382. The fourth-order valence-electron chi connectivity index (χ4n) is 6.02. The summed E-state index contributed by atoms with van der Waals surface area (Å²) in [5, 5.41) is 33.0. The van der Waals surface area contributed by atoms with E-state index in [0.29, 0.717) is 16.7 Å². The van der Waals surface area contributed by atoms with Gasteiger partial charge in [-0.15, -0.1) is 0 Å². The van der Waals surface area contributed by atoms with Crippen LogP contribution >= 0.6 is 0 Å². The van der Waals surface area contributed by atoms with E-state index in [4.69, 9.17) is 5.73 Å². The van der Waals surface area contributed by atoms with E-state index >= 15 is 0 Å². The molecular formula is C25H20N2O9. The molecule has 1 amide bonds. The van der Waals surface area contributed by atoms with E-state index < -0.39 is 75.4 Å². The van der Waals surface area contributed by atoms with Gasteiger partial charge < -0.3 is 15.9 Å². The molecule has 0 aliphatic heterocycles. The van der Waals surface area contributed by atoms with Crippen molar-refractivity contribution in [2.24, 2.45) is 29.4 Å². The minimum absolute atomic E-state index is 0.0366. The first-order valence-electron chi connectivity index (χ1n) is 11.2. The Kier molecular flexibility index (Phi) is 5.14. The van der Waals surface area contributed by atoms with Gasteiger partial charge in [-0.3, -0.25) is 34.1 Å². The normalized spacial score (nSPS) is 29.2. The SMILES string of the molecule is NC(=O)C1C(=O)C[C@@H]2C[C@@H]3Cc4c(-c5cccc([N+](=O)[O-])c5)ccc(O)c4C(=O)C3C(=O)[C@]2(O)C1=O. The minimum Gasteiger partial charge on any atom is -0.507 e. The Hall–Kier alpha value is -4.25. The molecule has 2 aromatic rings. The number of carbonyl (C=O) groups is 5. The molecule has 0 radical (unpaired) electrons. The largest absolute Gasteiger partial charge is 0.507 e. The van der Waals surface area contributed by atoms with Gasteiger partial charge in [0.1, 0.15) is 5.75 Å². The number of phenolic OH excluding ortho intramolecular Hbond substituents is 1. The van der Waals surface area contributed by atoms with Gasteiger partial charge in [0.2, 0.25) is 5.91 Å². The quantitative estimate of drug-likeness (QED) is 0.317. The van der Waals surface area contributed by atoms with Crippen molar-refractivity contribution in [3.8, 4) is 16.9 Å². The van der Waals surface area contributed by atoms with Crippen molar-refractivity contribution in [2.75, 3.05) is 0 Å². The molecule has 3 aliphatic carbocycles. The maximum absolute atomic E-state index is 13.6. The van der Waals surface area contributed by atoms with Gasteiger partial charge in [0.05, 0.1) is 16.4 Å². The van der Waals surface area contributed by atoms with Crippen LogP contribution in [0.1, 0.15) is 28.8 Å². The highest BCUT2D eigenvalue weighted by atomic mass is 16.6. The predicted octanol–water partition coefficient (Wildman–Crippen LogP) is 0.902. The van der Waals surface area contributed by atoms with Crippen molar-refractivity contribution in [3.05, 3.63) is 57.6 Å². The molecule has 0 heterocycles. The number of carbonyl (C=O) groups excluding carboxylic acids is 5. The van der Waals surface area contributed by atoms with Crippen LogP contribution in [0.3, 0.4) is 0 Å². The Morgan fingerprint density at radius 1 is 1.08 bits per heavy atom. The molecule has 0 bridgehead atoms. The Bertz CT molecular complexity index is 1410. The second-order valence-electron chi connectivity index (χ2n) is 9.53. The van der Waals surface area contributed by atoms with Crippen LogP contribution in [-0.4, -0.2) is 49.8 Å². The molecule has 5 rings (SSSR count). The third-order valence-corrected chi connectivity index (χ3v) is 7.65. The second-order valence-corrected chi connectivity index (χ2v) is 9.53. The third kappa shape index (κ3) is 3.12. The molecular weight excluding hydrogens is 472 g/mol. The zero-order valence-electron chi connectivity index (χ0n) is 18.7. The van der Waals surface area contributed by atoms with Crippen molar-refractivity contribution in [2.45, 2.75) is 24.9 Å². The van der Waals surface area contributed by atoms with Crippen LogP contribution in [0.5, 0.6) is 5.75 Å². The van der Waals surface area contributed by atoms with Crippen molar-refractivity contribution in [3.63, 3.8) is 0 Å². The number of primary amides is 1. The lowest BCUT2D eigenvalue weighted by atomic mass is 9.53. The smallest absolute Gasteiger partial charge is 0.270 e. The summed E-state index contributed by atoms with van der Waals surface area (Å²) in [6, 6.07) is 8.50. The van der Waals surface area contributed by atoms with Crippen molar-refractivity contribution in [1.82, 2.24) is 0 Å². The standard InChI is InChI=1S/C25H20N2O9/c26-24(33)20-17(29)9-12-6-11-8-15-14(10-2-1-3-13(7-10)27(35)36)4-5-16(28)19(15)21(30)18(11)22(31)25(12,34)23(20)32/h1-5,7,11-12,18,20,28,34H,6,8-9H2,(H2,26,33)/t11-,12+,18?,20?,25+/m1/s1. The predicted molar refractivity (Wildman–Crippen MR) is 121 cm³/mol. The number of aromatic hydroxyl groups is 1. The third-order valence-electron chi connectivity index (χ3n) is 7.65. The number of rotatable bonds is 3. The number of hydrogen-bond donors (Lipinski definition) is 3. The number of hydrogen-bond acceptors (Lipinski definition) is 9. The van der Waals surface area contributed by atoms with Crippen LogP contribution in [0.4, 0.5) is 5.69 Å². The topological polar surface area (TPSA) is 195 Å². The van der Waals surface area contributed by atoms with E-state index in [9.17, 15) is 44.3 Å². The average Bonchev–Trinajstić information content (AvgIpc) is 2.81. The maximum atomic E-state index is 13.6. The van der Waals surface area contributed by atoms with E-state index in [-0.39, 0.29) is 24.1 Å². The summed E-state index contributed by atoms with van der Waals surface area (Å²) in [4.78, 5) is 74.9.